The maximum atomic E-state index is 12.4. The molecule has 1 atom stereocenters. The molecule has 0 amide bonds. The summed E-state index contributed by atoms with van der Waals surface area (Å²) in [6, 6.07) is 2.67. The summed E-state index contributed by atoms with van der Waals surface area (Å²) in [5, 5.41) is 0. The van der Waals surface area contributed by atoms with Gasteiger partial charge in [-0.15, -0.1) is 0 Å². The molecule has 2 rings (SSSR count). The number of nitrogens with two attached hydrogens (primary N) is 1. The molecule has 0 unspecified atom stereocenters. The number of rotatable bonds is 2. The molecular weight excluding hydrogens is 231 g/mol. The lowest BCUT2D eigenvalue weighted by atomic mass is 10.2. The molecule has 0 spiro atoms. The number of nitrogens with zero attached hydrogens (tertiary/aromatic N) is 2. The van der Waals surface area contributed by atoms with E-state index in [1.807, 2.05) is 4.90 Å². The van der Waals surface area contributed by atoms with E-state index in [0.717, 1.165) is 31.6 Å². The zero-order chi connectivity index (χ0) is 12.5. The van der Waals surface area contributed by atoms with E-state index >= 15 is 0 Å². The molecule has 1 aromatic rings. The highest BCUT2D eigenvalue weighted by molar-refractivity contribution is 5.42. The van der Waals surface area contributed by atoms with E-state index in [9.17, 15) is 13.2 Å². The third-order valence-electron chi connectivity index (χ3n) is 3.02. The van der Waals surface area contributed by atoms with E-state index in [0.29, 0.717) is 12.4 Å². The van der Waals surface area contributed by atoms with Crippen LogP contribution < -0.4 is 10.6 Å². The first-order chi connectivity index (χ1) is 8.02. The number of hydrogen-bond acceptors (Lipinski definition) is 3. The Balaban J connectivity index is 2.18. The number of pyridine rings is 1. The fourth-order valence-corrected chi connectivity index (χ4v) is 2.11. The normalized spacial score (nSPS) is 20.9. The van der Waals surface area contributed by atoms with Crippen molar-refractivity contribution in [3.8, 4) is 0 Å². The Morgan fingerprint density at radius 3 is 2.71 bits per heavy atom. The van der Waals surface area contributed by atoms with E-state index in [-0.39, 0.29) is 6.04 Å². The van der Waals surface area contributed by atoms with Gasteiger partial charge in [0.25, 0.3) is 0 Å². The van der Waals surface area contributed by atoms with Gasteiger partial charge in [0.2, 0.25) is 0 Å². The van der Waals surface area contributed by atoms with E-state index in [4.69, 9.17) is 5.73 Å². The predicted octanol–water partition coefficient (Wildman–Crippen LogP) is 2.03. The summed E-state index contributed by atoms with van der Waals surface area (Å²) in [5.41, 5.74) is 4.89. The lowest BCUT2D eigenvalue weighted by molar-refractivity contribution is -0.137. The molecule has 0 bridgehead atoms. The molecule has 0 aromatic carbocycles. The molecule has 1 aliphatic heterocycles. The van der Waals surface area contributed by atoms with Gasteiger partial charge in [-0.05, 0) is 25.0 Å². The summed E-state index contributed by atoms with van der Waals surface area (Å²) in [4.78, 5) is 5.85. The number of halogens is 3. The zero-order valence-corrected chi connectivity index (χ0v) is 9.24. The molecule has 17 heavy (non-hydrogen) atoms. The number of alkyl halides is 3. The Bertz CT molecular complexity index is 375. The molecule has 2 heterocycles. The molecule has 0 aliphatic carbocycles. The summed E-state index contributed by atoms with van der Waals surface area (Å²) in [5.74, 6) is 0.575. The van der Waals surface area contributed by atoms with Crippen LogP contribution in [-0.4, -0.2) is 24.1 Å². The minimum Gasteiger partial charge on any atom is -0.352 e. The average Bonchev–Trinajstić information content (AvgIpc) is 2.76. The van der Waals surface area contributed by atoms with Crippen LogP contribution in [0.3, 0.4) is 0 Å². The SMILES string of the molecule is NC[C@H]1CCCN1c1ccc(C(F)(F)F)cn1. The van der Waals surface area contributed by atoms with Crippen molar-refractivity contribution in [2.24, 2.45) is 5.73 Å². The van der Waals surface area contributed by atoms with Crippen molar-refractivity contribution in [3.63, 3.8) is 0 Å². The highest BCUT2D eigenvalue weighted by atomic mass is 19.4. The van der Waals surface area contributed by atoms with E-state index < -0.39 is 11.7 Å². The Kier molecular flexibility index (Phi) is 3.24. The topological polar surface area (TPSA) is 42.1 Å². The van der Waals surface area contributed by atoms with Gasteiger partial charge in [0.05, 0.1) is 5.56 Å². The largest absolute Gasteiger partial charge is 0.417 e. The zero-order valence-electron chi connectivity index (χ0n) is 9.24. The predicted molar refractivity (Wildman–Crippen MR) is 58.7 cm³/mol. The fraction of sp³-hybridized carbons (Fsp3) is 0.545. The Hall–Kier alpha value is -1.30. The molecule has 0 radical (unpaired) electrons. The van der Waals surface area contributed by atoms with Gasteiger partial charge in [-0.25, -0.2) is 4.98 Å². The van der Waals surface area contributed by atoms with Gasteiger partial charge in [-0.2, -0.15) is 13.2 Å². The molecule has 6 heteroatoms. The molecule has 1 saturated heterocycles. The fourth-order valence-electron chi connectivity index (χ4n) is 2.11. The molecule has 0 saturated carbocycles. The molecule has 94 valence electrons. The summed E-state index contributed by atoms with van der Waals surface area (Å²) >= 11 is 0. The molecular formula is C11H14F3N3. The van der Waals surface area contributed by atoms with Crippen LogP contribution in [0.4, 0.5) is 19.0 Å². The first-order valence-corrected chi connectivity index (χ1v) is 5.52. The highest BCUT2D eigenvalue weighted by Crippen LogP contribution is 2.30. The van der Waals surface area contributed by atoms with Crippen LogP contribution in [0.15, 0.2) is 18.3 Å². The monoisotopic (exact) mass is 245 g/mol. The second-order valence-corrected chi connectivity index (χ2v) is 4.13. The second kappa shape index (κ2) is 4.52. The van der Waals surface area contributed by atoms with Gasteiger partial charge >= 0.3 is 6.18 Å². The quantitative estimate of drug-likeness (QED) is 0.866. The summed E-state index contributed by atoms with van der Waals surface area (Å²) < 4.78 is 37.1. The van der Waals surface area contributed by atoms with Crippen molar-refractivity contribution in [1.82, 2.24) is 4.98 Å². The van der Waals surface area contributed by atoms with Crippen molar-refractivity contribution in [2.45, 2.75) is 25.1 Å². The van der Waals surface area contributed by atoms with E-state index in [2.05, 4.69) is 4.98 Å². The van der Waals surface area contributed by atoms with Crippen molar-refractivity contribution in [1.29, 1.82) is 0 Å². The maximum absolute atomic E-state index is 12.4. The Morgan fingerprint density at radius 1 is 1.41 bits per heavy atom. The van der Waals surface area contributed by atoms with Gasteiger partial charge in [0.1, 0.15) is 5.82 Å². The Labute approximate surface area is 97.4 Å². The van der Waals surface area contributed by atoms with Crippen LogP contribution >= 0.6 is 0 Å². The van der Waals surface area contributed by atoms with Crippen LogP contribution in [0.5, 0.6) is 0 Å². The standard InChI is InChI=1S/C11H14F3N3/c12-11(13,14)8-3-4-10(16-7-8)17-5-1-2-9(17)6-15/h3-4,7,9H,1-2,5-6,15H2/t9-/m1/s1. The number of hydrogen-bond donors (Lipinski definition) is 1. The van der Waals surface area contributed by atoms with Crippen LogP contribution in [0, 0.1) is 0 Å². The van der Waals surface area contributed by atoms with Crippen LogP contribution in [0.1, 0.15) is 18.4 Å². The number of anilines is 1. The van der Waals surface area contributed by atoms with Crippen LogP contribution in [0.25, 0.3) is 0 Å². The summed E-state index contributed by atoms with van der Waals surface area (Å²) in [6.45, 7) is 1.31. The smallest absolute Gasteiger partial charge is 0.352 e. The van der Waals surface area contributed by atoms with Crippen molar-refractivity contribution in [2.75, 3.05) is 18.0 Å². The third kappa shape index (κ3) is 2.52. The van der Waals surface area contributed by atoms with Gasteiger partial charge in [-0.3, -0.25) is 0 Å². The summed E-state index contributed by atoms with van der Waals surface area (Å²) in [7, 11) is 0. The van der Waals surface area contributed by atoms with Gasteiger partial charge < -0.3 is 10.6 Å². The van der Waals surface area contributed by atoms with Crippen LogP contribution in [0.2, 0.25) is 0 Å². The van der Waals surface area contributed by atoms with Crippen molar-refractivity contribution >= 4 is 5.82 Å². The lowest BCUT2D eigenvalue weighted by Gasteiger charge is -2.24. The van der Waals surface area contributed by atoms with Crippen molar-refractivity contribution < 1.29 is 13.2 Å². The average molecular weight is 245 g/mol. The third-order valence-corrected chi connectivity index (χ3v) is 3.02. The maximum Gasteiger partial charge on any atom is 0.417 e. The highest BCUT2D eigenvalue weighted by Gasteiger charge is 2.31. The Morgan fingerprint density at radius 2 is 2.18 bits per heavy atom. The van der Waals surface area contributed by atoms with E-state index in [1.165, 1.54) is 6.07 Å². The molecule has 1 aliphatic rings. The van der Waals surface area contributed by atoms with Crippen molar-refractivity contribution in [3.05, 3.63) is 23.9 Å². The molecule has 1 aromatic heterocycles. The minimum atomic E-state index is -4.33. The second-order valence-electron chi connectivity index (χ2n) is 4.13. The first kappa shape index (κ1) is 12.2. The molecule has 3 nitrogen and oxygen atoms in total. The van der Waals surface area contributed by atoms with Gasteiger partial charge in [-0.1, -0.05) is 0 Å². The lowest BCUT2D eigenvalue weighted by Crippen LogP contribution is -2.35. The van der Waals surface area contributed by atoms with Gasteiger partial charge in [0, 0.05) is 25.3 Å². The van der Waals surface area contributed by atoms with Crippen LogP contribution in [-0.2, 0) is 6.18 Å². The van der Waals surface area contributed by atoms with Gasteiger partial charge in [0.15, 0.2) is 0 Å². The van der Waals surface area contributed by atoms with E-state index in [1.54, 1.807) is 0 Å². The molecule has 2 N–H and O–H groups in total. The first-order valence-electron chi connectivity index (χ1n) is 5.52. The summed E-state index contributed by atoms with van der Waals surface area (Å²) in [6.07, 6.45) is -1.48. The minimum absolute atomic E-state index is 0.194. The molecule has 1 fully saturated rings. The number of aromatic nitrogens is 1.